The predicted molar refractivity (Wildman–Crippen MR) is 96.1 cm³/mol. The molecule has 1 N–H and O–H groups in total. The average molecular weight is 378 g/mol. The minimum atomic E-state index is -0.485. The van der Waals surface area contributed by atoms with E-state index in [0.717, 1.165) is 10.2 Å². The van der Waals surface area contributed by atoms with Gasteiger partial charge < -0.3 is 9.73 Å². The van der Waals surface area contributed by atoms with Crippen LogP contribution < -0.4 is 5.32 Å². The van der Waals surface area contributed by atoms with Gasteiger partial charge in [-0.05, 0) is 17.7 Å². The number of hydrogen-bond acceptors (Lipinski definition) is 4. The highest BCUT2D eigenvalue weighted by Crippen LogP contribution is 2.38. The maximum absolute atomic E-state index is 12.2. The number of rotatable bonds is 5. The van der Waals surface area contributed by atoms with Crippen LogP contribution in [-0.4, -0.2) is 33.4 Å². The Kier molecular flexibility index (Phi) is 5.21. The molecule has 0 bridgehead atoms. The molecule has 0 saturated carbocycles. The number of nitrogens with zero attached hydrogens (tertiary/aromatic N) is 2. The number of amides is 1. The smallest absolute Gasteiger partial charge is 0.263 e. The van der Waals surface area contributed by atoms with Crippen molar-refractivity contribution in [2.75, 3.05) is 17.1 Å². The lowest BCUT2D eigenvalue weighted by Gasteiger charge is -2.09. The highest BCUT2D eigenvalue weighted by molar-refractivity contribution is 6.30. The van der Waals surface area contributed by atoms with Crippen molar-refractivity contribution in [1.29, 1.82) is 0 Å². The summed E-state index contributed by atoms with van der Waals surface area (Å²) in [6, 6.07) is 12.7. The lowest BCUT2D eigenvalue weighted by Crippen LogP contribution is -2.21. The lowest BCUT2D eigenvalue weighted by atomic mass is 10.0. The Bertz CT molecular complexity index is 890. The van der Waals surface area contributed by atoms with Gasteiger partial charge in [0.1, 0.15) is 23.3 Å². The second-order valence-electron chi connectivity index (χ2n) is 5.04. The number of alkyl halides is 2. The Labute approximate surface area is 153 Å². The molecule has 0 spiro atoms. The van der Waals surface area contributed by atoms with E-state index in [1.54, 1.807) is 12.1 Å². The largest absolute Gasteiger partial charge is 0.463 e. The number of carbonyl (C=O) groups is 2. The molecule has 8 heteroatoms. The number of carbonyl (C=O) groups excluding carboxylic acids is 2. The summed E-state index contributed by atoms with van der Waals surface area (Å²) in [7, 11) is 0. The zero-order chi connectivity index (χ0) is 17.8. The van der Waals surface area contributed by atoms with E-state index in [1.165, 1.54) is 6.26 Å². The van der Waals surface area contributed by atoms with Crippen LogP contribution in [0.15, 0.2) is 53.1 Å². The van der Waals surface area contributed by atoms with E-state index >= 15 is 0 Å². The first-order valence-electron chi connectivity index (χ1n) is 7.33. The summed E-state index contributed by atoms with van der Waals surface area (Å²) in [5.74, 6) is -0.841. The van der Waals surface area contributed by atoms with Crippen molar-refractivity contribution >= 4 is 40.8 Å². The summed E-state index contributed by atoms with van der Waals surface area (Å²) in [5.41, 5.74) is 1.72. The molecule has 2 heterocycles. The van der Waals surface area contributed by atoms with Gasteiger partial charge in [-0.15, -0.1) is 23.2 Å². The standard InChI is InChI=1S/C17H13Cl2N3O3/c18-9-13(23)20-17-15(11-5-2-1-3-6-11)16(12-7-4-8-25-12)21-22(17)14(24)10-19/h1-8H,9-10H2,(H,20,23). The first-order chi connectivity index (χ1) is 12.2. The molecule has 0 atom stereocenters. The van der Waals surface area contributed by atoms with Crippen LogP contribution in [0.5, 0.6) is 0 Å². The predicted octanol–water partition coefficient (Wildman–Crippen LogP) is 3.87. The van der Waals surface area contributed by atoms with Gasteiger partial charge in [0.15, 0.2) is 5.76 Å². The molecule has 0 aliphatic carbocycles. The minimum absolute atomic E-state index is 0.203. The van der Waals surface area contributed by atoms with Crippen molar-refractivity contribution in [3.05, 3.63) is 48.7 Å². The number of furan rings is 1. The maximum Gasteiger partial charge on any atom is 0.263 e. The molecule has 2 aromatic heterocycles. The van der Waals surface area contributed by atoms with E-state index < -0.39 is 11.8 Å². The van der Waals surface area contributed by atoms with Crippen LogP contribution in [0.4, 0.5) is 5.82 Å². The van der Waals surface area contributed by atoms with Crippen LogP contribution in [0.25, 0.3) is 22.6 Å². The molecule has 25 heavy (non-hydrogen) atoms. The third kappa shape index (κ3) is 3.45. The summed E-state index contributed by atoms with van der Waals surface area (Å²) in [5, 5.41) is 6.95. The first kappa shape index (κ1) is 17.3. The molecule has 6 nitrogen and oxygen atoms in total. The molecule has 0 aliphatic rings. The number of aromatic nitrogens is 2. The van der Waals surface area contributed by atoms with Crippen molar-refractivity contribution in [2.45, 2.75) is 0 Å². The Morgan fingerprint density at radius 1 is 1.08 bits per heavy atom. The van der Waals surface area contributed by atoms with E-state index in [4.69, 9.17) is 27.6 Å². The number of anilines is 1. The first-order valence-corrected chi connectivity index (χ1v) is 8.40. The highest BCUT2D eigenvalue weighted by Gasteiger charge is 2.26. The maximum atomic E-state index is 12.2. The topological polar surface area (TPSA) is 77.1 Å². The molecule has 1 amide bonds. The van der Waals surface area contributed by atoms with Gasteiger partial charge >= 0.3 is 0 Å². The second-order valence-corrected chi connectivity index (χ2v) is 5.57. The molecule has 1 aromatic carbocycles. The summed E-state index contributed by atoms with van der Waals surface area (Å²) >= 11 is 11.3. The number of benzene rings is 1. The van der Waals surface area contributed by atoms with Crippen molar-refractivity contribution < 1.29 is 14.0 Å². The van der Waals surface area contributed by atoms with Crippen LogP contribution in [0.1, 0.15) is 4.79 Å². The van der Waals surface area contributed by atoms with Gasteiger partial charge in [0, 0.05) is 0 Å². The molecular formula is C17H13Cl2N3O3. The van der Waals surface area contributed by atoms with Gasteiger partial charge in [0.25, 0.3) is 5.91 Å². The quantitative estimate of drug-likeness (QED) is 0.684. The van der Waals surface area contributed by atoms with Gasteiger partial charge in [-0.2, -0.15) is 9.78 Å². The van der Waals surface area contributed by atoms with Crippen LogP contribution in [0.2, 0.25) is 0 Å². The normalized spacial score (nSPS) is 10.6. The third-order valence-corrected chi connectivity index (χ3v) is 3.90. The Morgan fingerprint density at radius 3 is 2.44 bits per heavy atom. The molecule has 3 aromatic rings. The van der Waals surface area contributed by atoms with Crippen LogP contribution in [0, 0.1) is 0 Å². The van der Waals surface area contributed by atoms with Crippen LogP contribution in [-0.2, 0) is 4.79 Å². The van der Waals surface area contributed by atoms with E-state index in [1.807, 2.05) is 30.3 Å². The van der Waals surface area contributed by atoms with Crippen LogP contribution >= 0.6 is 23.2 Å². The fourth-order valence-corrected chi connectivity index (χ4v) is 2.58. The fraction of sp³-hybridized carbons (Fsp3) is 0.118. The Balaban J connectivity index is 2.28. The fourth-order valence-electron chi connectivity index (χ4n) is 2.40. The Hall–Kier alpha value is -2.57. The number of halogens is 2. The highest BCUT2D eigenvalue weighted by atomic mass is 35.5. The van der Waals surface area contributed by atoms with Gasteiger partial charge in [0.05, 0.1) is 11.8 Å². The third-order valence-electron chi connectivity index (χ3n) is 3.43. The zero-order valence-electron chi connectivity index (χ0n) is 12.9. The van der Waals surface area contributed by atoms with Gasteiger partial charge in [0.2, 0.25) is 5.91 Å². The molecular weight excluding hydrogens is 365 g/mol. The molecule has 0 radical (unpaired) electrons. The van der Waals surface area contributed by atoms with Crippen molar-refractivity contribution in [1.82, 2.24) is 9.78 Å². The number of hydrogen-bond donors (Lipinski definition) is 1. The van der Waals surface area contributed by atoms with Gasteiger partial charge in [-0.3, -0.25) is 9.59 Å². The van der Waals surface area contributed by atoms with Gasteiger partial charge in [-0.1, -0.05) is 30.3 Å². The molecule has 128 valence electrons. The zero-order valence-corrected chi connectivity index (χ0v) is 14.4. The van der Waals surface area contributed by atoms with Crippen molar-refractivity contribution in [3.63, 3.8) is 0 Å². The SMILES string of the molecule is O=C(CCl)Nc1c(-c2ccccc2)c(-c2ccco2)nn1C(=O)CCl. The molecule has 0 fully saturated rings. The average Bonchev–Trinajstić information content (AvgIpc) is 3.29. The minimum Gasteiger partial charge on any atom is -0.463 e. The monoisotopic (exact) mass is 377 g/mol. The second kappa shape index (κ2) is 7.55. The number of nitrogens with one attached hydrogen (secondary N) is 1. The van der Waals surface area contributed by atoms with E-state index in [9.17, 15) is 9.59 Å². The van der Waals surface area contributed by atoms with E-state index in [-0.39, 0.29) is 17.6 Å². The lowest BCUT2D eigenvalue weighted by molar-refractivity contribution is -0.113. The van der Waals surface area contributed by atoms with E-state index in [2.05, 4.69) is 10.4 Å². The Morgan fingerprint density at radius 2 is 1.84 bits per heavy atom. The van der Waals surface area contributed by atoms with Crippen LogP contribution in [0.3, 0.4) is 0 Å². The summed E-state index contributed by atoms with van der Waals surface area (Å²) in [4.78, 5) is 24.1. The van der Waals surface area contributed by atoms with E-state index in [0.29, 0.717) is 17.0 Å². The summed E-state index contributed by atoms with van der Waals surface area (Å²) in [6.07, 6.45) is 1.50. The molecule has 0 saturated heterocycles. The molecule has 3 rings (SSSR count). The van der Waals surface area contributed by atoms with Crippen molar-refractivity contribution in [3.8, 4) is 22.6 Å². The van der Waals surface area contributed by atoms with Gasteiger partial charge in [-0.25, -0.2) is 0 Å². The molecule has 0 unspecified atom stereocenters. The summed E-state index contributed by atoms with van der Waals surface area (Å²) in [6.45, 7) is 0. The summed E-state index contributed by atoms with van der Waals surface area (Å²) < 4.78 is 6.50. The molecule has 0 aliphatic heterocycles. The van der Waals surface area contributed by atoms with Crippen molar-refractivity contribution in [2.24, 2.45) is 0 Å².